The topological polar surface area (TPSA) is 73.6 Å². The molecule has 3 rings (SSSR count). The van der Waals surface area contributed by atoms with Gasteiger partial charge in [0.25, 0.3) is 5.91 Å². The van der Waals surface area contributed by atoms with Crippen molar-refractivity contribution < 1.29 is 40.7 Å². The first-order chi connectivity index (χ1) is 14.8. The van der Waals surface area contributed by atoms with Crippen molar-refractivity contribution in [3.05, 3.63) is 59.2 Å². The van der Waals surface area contributed by atoms with Crippen LogP contribution in [0.1, 0.15) is 16.7 Å². The number of hydrogen-bond donors (Lipinski definition) is 0. The lowest BCUT2D eigenvalue weighted by molar-refractivity contribution is -0.215. The molecule has 1 heterocycles. The number of rotatable bonds is 3. The predicted molar refractivity (Wildman–Crippen MR) is 97.5 cm³/mol. The Labute approximate surface area is 177 Å². The van der Waals surface area contributed by atoms with Gasteiger partial charge in [-0.3, -0.25) is 4.79 Å². The maximum atomic E-state index is 14.3. The number of benzene rings is 2. The largest absolute Gasteiger partial charge is 0.497 e. The summed E-state index contributed by atoms with van der Waals surface area (Å²) in [5.41, 5.74) is -7.17. The maximum absolute atomic E-state index is 14.3. The zero-order valence-electron chi connectivity index (χ0n) is 16.4. The SMILES string of the molecule is COc1ccc(C2(C(F)(F)F)C(=O)N(c3ccc(C#N)c(C(F)(F)F)c3)C(=O)N2C)cc1. The third-order valence-electron chi connectivity index (χ3n) is 5.10. The summed E-state index contributed by atoms with van der Waals surface area (Å²) in [4.78, 5) is 26.0. The van der Waals surface area contributed by atoms with Gasteiger partial charge in [0.2, 0.25) is 5.54 Å². The summed E-state index contributed by atoms with van der Waals surface area (Å²) in [5.74, 6) is -1.62. The highest BCUT2D eigenvalue weighted by molar-refractivity contribution is 6.23. The number of nitrogens with zero attached hydrogens (tertiary/aromatic N) is 3. The molecule has 2 aromatic rings. The summed E-state index contributed by atoms with van der Waals surface area (Å²) in [6.07, 6.45) is -10.4. The van der Waals surface area contributed by atoms with Gasteiger partial charge in [0.05, 0.1) is 30.0 Å². The molecule has 1 aliphatic rings. The second-order valence-electron chi connectivity index (χ2n) is 6.76. The van der Waals surface area contributed by atoms with E-state index in [0.717, 1.165) is 37.4 Å². The van der Waals surface area contributed by atoms with Crippen molar-refractivity contribution in [3.8, 4) is 11.8 Å². The maximum Gasteiger partial charge on any atom is 0.425 e. The monoisotopic (exact) mass is 457 g/mol. The smallest absolute Gasteiger partial charge is 0.425 e. The Hall–Kier alpha value is -3.75. The van der Waals surface area contributed by atoms with Gasteiger partial charge < -0.3 is 9.64 Å². The van der Waals surface area contributed by atoms with Gasteiger partial charge in [0.15, 0.2) is 0 Å². The molecule has 1 saturated heterocycles. The van der Waals surface area contributed by atoms with Gasteiger partial charge in [0.1, 0.15) is 5.75 Å². The van der Waals surface area contributed by atoms with Gasteiger partial charge >= 0.3 is 18.4 Å². The van der Waals surface area contributed by atoms with Crippen molar-refractivity contribution in [2.75, 3.05) is 19.1 Å². The number of imide groups is 1. The lowest BCUT2D eigenvalue weighted by Gasteiger charge is -2.34. The fourth-order valence-corrected chi connectivity index (χ4v) is 3.54. The average molecular weight is 457 g/mol. The molecule has 3 amide bonds. The second-order valence-corrected chi connectivity index (χ2v) is 6.76. The van der Waals surface area contributed by atoms with Crippen LogP contribution in [0.25, 0.3) is 0 Å². The van der Waals surface area contributed by atoms with E-state index < -0.39 is 52.2 Å². The zero-order chi connectivity index (χ0) is 24.1. The van der Waals surface area contributed by atoms with Crippen molar-refractivity contribution >= 4 is 17.6 Å². The molecule has 0 aromatic heterocycles. The summed E-state index contributed by atoms with van der Waals surface area (Å²) in [6, 6.07) is 5.80. The van der Waals surface area contributed by atoms with Crippen LogP contribution in [0.3, 0.4) is 0 Å². The minimum atomic E-state index is -5.32. The van der Waals surface area contributed by atoms with Gasteiger partial charge in [-0.05, 0) is 35.9 Å². The van der Waals surface area contributed by atoms with Crippen LogP contribution in [-0.2, 0) is 16.5 Å². The molecule has 0 N–H and O–H groups in total. The number of likely N-dealkylation sites (N-methyl/N-ethyl adjacent to an activating group) is 1. The highest BCUT2D eigenvalue weighted by Gasteiger charge is 2.72. The number of urea groups is 1. The summed E-state index contributed by atoms with van der Waals surface area (Å²) in [5, 5.41) is 8.90. The van der Waals surface area contributed by atoms with Gasteiger partial charge in [-0.25, -0.2) is 9.69 Å². The van der Waals surface area contributed by atoms with Crippen LogP contribution in [0.2, 0.25) is 0 Å². The van der Waals surface area contributed by atoms with Crippen LogP contribution in [0.5, 0.6) is 5.75 Å². The van der Waals surface area contributed by atoms with E-state index in [4.69, 9.17) is 10.00 Å². The number of halogens is 6. The van der Waals surface area contributed by atoms with Gasteiger partial charge in [-0.1, -0.05) is 12.1 Å². The van der Waals surface area contributed by atoms with Gasteiger partial charge in [-0.15, -0.1) is 0 Å². The summed E-state index contributed by atoms with van der Waals surface area (Å²) < 4.78 is 87.8. The third-order valence-corrected chi connectivity index (χ3v) is 5.10. The first-order valence-corrected chi connectivity index (χ1v) is 8.75. The fraction of sp³-hybridized carbons (Fsp3) is 0.250. The van der Waals surface area contributed by atoms with Crippen LogP contribution < -0.4 is 9.64 Å². The van der Waals surface area contributed by atoms with E-state index in [1.165, 1.54) is 13.2 Å². The Morgan fingerprint density at radius 2 is 1.59 bits per heavy atom. The molecule has 1 aliphatic heterocycles. The highest BCUT2D eigenvalue weighted by atomic mass is 19.4. The van der Waals surface area contributed by atoms with Crippen molar-refractivity contribution in [3.63, 3.8) is 0 Å². The molecule has 0 saturated carbocycles. The van der Waals surface area contributed by atoms with Crippen molar-refractivity contribution in [1.29, 1.82) is 5.26 Å². The zero-order valence-corrected chi connectivity index (χ0v) is 16.4. The average Bonchev–Trinajstić information content (AvgIpc) is 2.93. The molecule has 0 radical (unpaired) electrons. The Balaban J connectivity index is 2.23. The first-order valence-electron chi connectivity index (χ1n) is 8.75. The molecular formula is C20H13F6N3O3. The number of nitriles is 1. The quantitative estimate of drug-likeness (QED) is 0.505. The molecule has 1 atom stereocenters. The molecule has 0 bridgehead atoms. The Morgan fingerprint density at radius 3 is 2.06 bits per heavy atom. The molecule has 0 spiro atoms. The van der Waals surface area contributed by atoms with E-state index in [1.54, 1.807) is 0 Å². The highest BCUT2D eigenvalue weighted by Crippen LogP contribution is 2.50. The number of carbonyl (C=O) groups is 2. The number of methoxy groups -OCH3 is 1. The van der Waals surface area contributed by atoms with Crippen LogP contribution >= 0.6 is 0 Å². The Bertz CT molecular complexity index is 1120. The van der Waals surface area contributed by atoms with Crippen LogP contribution in [0.15, 0.2) is 42.5 Å². The van der Waals surface area contributed by atoms with Crippen molar-refractivity contribution in [2.45, 2.75) is 17.9 Å². The number of amides is 3. The predicted octanol–water partition coefficient (Wildman–Crippen LogP) is 4.44. The van der Waals surface area contributed by atoms with Gasteiger partial charge in [-0.2, -0.15) is 31.6 Å². The van der Waals surface area contributed by atoms with Crippen molar-refractivity contribution in [2.24, 2.45) is 0 Å². The van der Waals surface area contributed by atoms with E-state index in [1.807, 2.05) is 0 Å². The molecule has 1 fully saturated rings. The number of alkyl halides is 6. The van der Waals surface area contributed by atoms with E-state index in [9.17, 15) is 35.9 Å². The molecular weight excluding hydrogens is 444 g/mol. The lowest BCUT2D eigenvalue weighted by Crippen LogP contribution is -2.56. The van der Waals surface area contributed by atoms with E-state index in [-0.39, 0.29) is 15.5 Å². The van der Waals surface area contributed by atoms with Crippen molar-refractivity contribution in [1.82, 2.24) is 4.90 Å². The normalized spacial score (nSPS) is 19.3. The van der Waals surface area contributed by atoms with E-state index in [2.05, 4.69) is 0 Å². The molecule has 6 nitrogen and oxygen atoms in total. The summed E-state index contributed by atoms with van der Waals surface area (Å²) in [7, 11) is 2.00. The van der Waals surface area contributed by atoms with Crippen LogP contribution in [-0.4, -0.2) is 37.2 Å². The number of carbonyl (C=O) groups excluding carboxylic acids is 2. The standard InChI is InChI=1S/C20H13F6N3O3/c1-28-17(31)29(13-6-3-11(10-27)15(9-13)19(21,22)23)16(30)18(28,20(24,25)26)12-4-7-14(32-2)8-5-12/h3-9H,1-2H3. The molecule has 32 heavy (non-hydrogen) atoms. The fourth-order valence-electron chi connectivity index (χ4n) is 3.54. The Kier molecular flexibility index (Phi) is 5.33. The summed E-state index contributed by atoms with van der Waals surface area (Å²) in [6.45, 7) is 0. The molecule has 168 valence electrons. The van der Waals surface area contributed by atoms with E-state index in [0.29, 0.717) is 12.1 Å². The minimum absolute atomic E-state index is 0.0219. The summed E-state index contributed by atoms with van der Waals surface area (Å²) >= 11 is 0. The van der Waals surface area contributed by atoms with Crippen LogP contribution in [0, 0.1) is 11.3 Å². The molecule has 12 heteroatoms. The molecule has 0 aliphatic carbocycles. The minimum Gasteiger partial charge on any atom is -0.497 e. The number of hydrogen-bond acceptors (Lipinski definition) is 4. The molecule has 2 aromatic carbocycles. The number of anilines is 1. The Morgan fingerprint density at radius 1 is 1.00 bits per heavy atom. The number of ether oxygens (including phenoxy) is 1. The van der Waals surface area contributed by atoms with E-state index >= 15 is 0 Å². The lowest BCUT2D eigenvalue weighted by atomic mass is 9.87. The van der Waals surface area contributed by atoms with Gasteiger partial charge in [0, 0.05) is 7.05 Å². The first kappa shape index (κ1) is 22.9. The third kappa shape index (κ3) is 3.21. The molecule has 1 unspecified atom stereocenters. The van der Waals surface area contributed by atoms with Crippen LogP contribution in [0.4, 0.5) is 36.8 Å². The second kappa shape index (κ2) is 7.44.